The van der Waals surface area contributed by atoms with E-state index in [9.17, 15) is 4.79 Å². The van der Waals surface area contributed by atoms with Crippen LogP contribution in [0.5, 0.6) is 5.75 Å². The molecule has 2 aromatic rings. The van der Waals surface area contributed by atoms with E-state index >= 15 is 0 Å². The number of nitrogens with zero attached hydrogens (tertiary/aromatic N) is 1. The fourth-order valence-electron chi connectivity index (χ4n) is 1.92. The van der Waals surface area contributed by atoms with Crippen LogP contribution in [0.1, 0.15) is 5.56 Å². The fraction of sp³-hybridized carbons (Fsp3) is 0.214. The zero-order valence-electron chi connectivity index (χ0n) is 10.7. The van der Waals surface area contributed by atoms with Crippen molar-refractivity contribution in [2.75, 3.05) is 13.0 Å². The number of hydrogen-bond donors (Lipinski definition) is 0. The second-order valence-electron chi connectivity index (χ2n) is 4.07. The van der Waals surface area contributed by atoms with Crippen molar-refractivity contribution < 1.29 is 4.74 Å². The van der Waals surface area contributed by atoms with Crippen molar-refractivity contribution in [3.8, 4) is 11.4 Å². The molecule has 0 unspecified atom stereocenters. The standard InChI is InChI=1S/C14H12Cl3NO2/c1-20-13-3-2-9(16)8-12(13)18-7-5-11(17)10(4-6-15)14(18)19/h2-3,5,7-8H,4,6H2,1H3. The Morgan fingerprint density at radius 2 is 2.00 bits per heavy atom. The molecule has 3 nitrogen and oxygen atoms in total. The Hall–Kier alpha value is -1.16. The molecule has 6 heteroatoms. The van der Waals surface area contributed by atoms with Gasteiger partial charge in [-0.2, -0.15) is 0 Å². The van der Waals surface area contributed by atoms with Crippen LogP contribution in [0.25, 0.3) is 5.69 Å². The predicted molar refractivity (Wildman–Crippen MR) is 83.0 cm³/mol. The Morgan fingerprint density at radius 1 is 1.25 bits per heavy atom. The molecular formula is C14H12Cl3NO2. The van der Waals surface area contributed by atoms with Gasteiger partial charge >= 0.3 is 0 Å². The van der Waals surface area contributed by atoms with Gasteiger partial charge in [-0.15, -0.1) is 11.6 Å². The molecule has 0 saturated heterocycles. The first kappa shape index (κ1) is 15.2. The first-order valence-corrected chi connectivity index (χ1v) is 7.17. The SMILES string of the molecule is COc1ccc(Cl)cc1-n1ccc(Cl)c(CCCl)c1=O. The Kier molecular flexibility index (Phi) is 4.97. The van der Waals surface area contributed by atoms with Crippen LogP contribution in [0.2, 0.25) is 10.0 Å². The summed E-state index contributed by atoms with van der Waals surface area (Å²) in [4.78, 5) is 12.5. The van der Waals surface area contributed by atoms with Crippen LogP contribution in [0.15, 0.2) is 35.3 Å². The summed E-state index contributed by atoms with van der Waals surface area (Å²) in [7, 11) is 1.54. The normalized spacial score (nSPS) is 10.6. The first-order valence-electron chi connectivity index (χ1n) is 5.88. The van der Waals surface area contributed by atoms with Gasteiger partial charge in [0.25, 0.3) is 5.56 Å². The van der Waals surface area contributed by atoms with Crippen molar-refractivity contribution in [2.24, 2.45) is 0 Å². The molecule has 1 heterocycles. The summed E-state index contributed by atoms with van der Waals surface area (Å²) in [6, 6.07) is 6.73. The van der Waals surface area contributed by atoms with Crippen LogP contribution in [0, 0.1) is 0 Å². The van der Waals surface area contributed by atoms with Crippen molar-refractivity contribution in [3.05, 3.63) is 56.4 Å². The number of hydrogen-bond acceptors (Lipinski definition) is 2. The van der Waals surface area contributed by atoms with Crippen LogP contribution in [-0.2, 0) is 6.42 Å². The molecule has 20 heavy (non-hydrogen) atoms. The van der Waals surface area contributed by atoms with E-state index in [0.717, 1.165) is 0 Å². The van der Waals surface area contributed by atoms with E-state index in [1.54, 1.807) is 30.5 Å². The highest BCUT2D eigenvalue weighted by molar-refractivity contribution is 6.31. The summed E-state index contributed by atoms with van der Waals surface area (Å²) in [6.07, 6.45) is 2.00. The second-order valence-corrected chi connectivity index (χ2v) is 5.29. The van der Waals surface area contributed by atoms with Crippen molar-refractivity contribution in [2.45, 2.75) is 6.42 Å². The van der Waals surface area contributed by atoms with Crippen LogP contribution in [0.3, 0.4) is 0 Å². The smallest absolute Gasteiger partial charge is 0.259 e. The molecule has 1 aromatic carbocycles. The highest BCUT2D eigenvalue weighted by Crippen LogP contribution is 2.26. The van der Waals surface area contributed by atoms with Gasteiger partial charge in [-0.05, 0) is 30.7 Å². The van der Waals surface area contributed by atoms with Gasteiger partial charge in [-0.3, -0.25) is 9.36 Å². The number of halogens is 3. The van der Waals surface area contributed by atoms with Crippen molar-refractivity contribution >= 4 is 34.8 Å². The van der Waals surface area contributed by atoms with Crippen molar-refractivity contribution in [3.63, 3.8) is 0 Å². The average molecular weight is 333 g/mol. The topological polar surface area (TPSA) is 31.2 Å². The Bertz CT molecular complexity index is 683. The number of benzene rings is 1. The Balaban J connectivity index is 2.67. The van der Waals surface area contributed by atoms with Gasteiger partial charge in [-0.1, -0.05) is 23.2 Å². The molecule has 0 atom stereocenters. The molecule has 0 aliphatic heterocycles. The monoisotopic (exact) mass is 331 g/mol. The maximum Gasteiger partial charge on any atom is 0.259 e. The lowest BCUT2D eigenvalue weighted by molar-refractivity contribution is 0.412. The summed E-state index contributed by atoms with van der Waals surface area (Å²) in [6.45, 7) is 0. The number of pyridine rings is 1. The molecule has 0 aliphatic carbocycles. The highest BCUT2D eigenvalue weighted by atomic mass is 35.5. The zero-order chi connectivity index (χ0) is 14.7. The number of methoxy groups -OCH3 is 1. The number of rotatable bonds is 4. The highest BCUT2D eigenvalue weighted by Gasteiger charge is 2.13. The number of ether oxygens (including phenoxy) is 1. The van der Waals surface area contributed by atoms with Gasteiger partial charge in [0.15, 0.2) is 0 Å². The molecule has 2 rings (SSSR count). The Morgan fingerprint density at radius 3 is 2.65 bits per heavy atom. The third-order valence-electron chi connectivity index (χ3n) is 2.88. The summed E-state index contributed by atoms with van der Waals surface area (Å²) in [5, 5.41) is 0.925. The van der Waals surface area contributed by atoms with Crippen LogP contribution >= 0.6 is 34.8 Å². The van der Waals surface area contributed by atoms with Crippen LogP contribution < -0.4 is 10.3 Å². The molecule has 0 N–H and O–H groups in total. The average Bonchev–Trinajstić information content (AvgIpc) is 2.43. The minimum atomic E-state index is -0.223. The molecule has 0 bridgehead atoms. The van der Waals surface area contributed by atoms with Gasteiger partial charge in [0.05, 0.1) is 17.8 Å². The quantitative estimate of drug-likeness (QED) is 0.794. The van der Waals surface area contributed by atoms with Crippen molar-refractivity contribution in [1.82, 2.24) is 4.57 Å². The van der Waals surface area contributed by atoms with E-state index in [1.807, 2.05) is 0 Å². The Labute approximate surface area is 131 Å². The van der Waals surface area contributed by atoms with Gasteiger partial charge < -0.3 is 4.74 Å². The minimum Gasteiger partial charge on any atom is -0.495 e. The second kappa shape index (κ2) is 6.53. The molecule has 0 spiro atoms. The summed E-state index contributed by atoms with van der Waals surface area (Å²) < 4.78 is 6.72. The lowest BCUT2D eigenvalue weighted by Crippen LogP contribution is -2.23. The summed E-state index contributed by atoms with van der Waals surface area (Å²) in [5.41, 5.74) is 0.822. The third-order valence-corrected chi connectivity index (χ3v) is 3.66. The molecular weight excluding hydrogens is 321 g/mol. The lowest BCUT2D eigenvalue weighted by atomic mass is 10.2. The van der Waals surface area contributed by atoms with E-state index in [2.05, 4.69) is 0 Å². The zero-order valence-corrected chi connectivity index (χ0v) is 13.0. The van der Waals surface area contributed by atoms with E-state index in [0.29, 0.717) is 39.3 Å². The van der Waals surface area contributed by atoms with E-state index in [1.165, 1.54) is 11.7 Å². The van der Waals surface area contributed by atoms with Crippen LogP contribution in [-0.4, -0.2) is 17.6 Å². The molecule has 0 fully saturated rings. The molecule has 0 amide bonds. The first-order chi connectivity index (χ1) is 9.58. The van der Waals surface area contributed by atoms with Crippen LogP contribution in [0.4, 0.5) is 0 Å². The van der Waals surface area contributed by atoms with Gasteiger partial charge in [0, 0.05) is 22.7 Å². The van der Waals surface area contributed by atoms with E-state index in [4.69, 9.17) is 39.5 Å². The molecule has 1 aromatic heterocycles. The molecule has 0 radical (unpaired) electrons. The largest absolute Gasteiger partial charge is 0.495 e. The lowest BCUT2D eigenvalue weighted by Gasteiger charge is -2.13. The van der Waals surface area contributed by atoms with E-state index in [-0.39, 0.29) is 5.56 Å². The molecule has 106 valence electrons. The van der Waals surface area contributed by atoms with Gasteiger partial charge in [-0.25, -0.2) is 0 Å². The maximum absolute atomic E-state index is 12.5. The van der Waals surface area contributed by atoms with Gasteiger partial charge in [0.1, 0.15) is 5.75 Å². The minimum absolute atomic E-state index is 0.223. The molecule has 0 aliphatic rings. The maximum atomic E-state index is 12.5. The number of aromatic nitrogens is 1. The molecule has 0 saturated carbocycles. The van der Waals surface area contributed by atoms with Crippen molar-refractivity contribution in [1.29, 1.82) is 0 Å². The third kappa shape index (κ3) is 2.95. The van der Waals surface area contributed by atoms with E-state index < -0.39 is 0 Å². The summed E-state index contributed by atoms with van der Waals surface area (Å²) in [5.74, 6) is 0.877. The van der Waals surface area contributed by atoms with Gasteiger partial charge in [0.2, 0.25) is 0 Å². The predicted octanol–water partition coefficient (Wildman–Crippen LogP) is 3.93. The fourth-order valence-corrected chi connectivity index (χ4v) is 2.50. The summed E-state index contributed by atoms with van der Waals surface area (Å²) >= 11 is 17.7. The number of alkyl halides is 1.